The van der Waals surface area contributed by atoms with Crippen molar-refractivity contribution in [1.82, 2.24) is 25.1 Å². The predicted octanol–water partition coefficient (Wildman–Crippen LogP) is 2.10. The van der Waals surface area contributed by atoms with Crippen molar-refractivity contribution in [2.45, 2.75) is 25.6 Å². The van der Waals surface area contributed by atoms with E-state index in [1.165, 1.54) is 15.9 Å². The molecule has 116 valence electrons. The van der Waals surface area contributed by atoms with Crippen LogP contribution in [0, 0.1) is 0 Å². The molecule has 1 fully saturated rings. The largest absolute Gasteiger partial charge is 0.465 e. The number of carbonyl (C=O) groups is 1. The lowest BCUT2D eigenvalue weighted by atomic mass is 10.1. The minimum atomic E-state index is -1.04. The van der Waals surface area contributed by atoms with Gasteiger partial charge in [-0.25, -0.2) is 4.79 Å². The SMILES string of the molecule is CC1(C)OCC(c2ccc(Cl)c(-n3cnnn3)c2)N1C(=O)O. The molecule has 3 rings (SSSR count). The Hall–Kier alpha value is -2.19. The summed E-state index contributed by atoms with van der Waals surface area (Å²) in [5, 5.41) is 20.9. The maximum absolute atomic E-state index is 11.6. The number of hydrogen-bond acceptors (Lipinski definition) is 5. The van der Waals surface area contributed by atoms with Crippen LogP contribution in [0.2, 0.25) is 5.02 Å². The van der Waals surface area contributed by atoms with Crippen molar-refractivity contribution in [2.24, 2.45) is 0 Å². The maximum Gasteiger partial charge on any atom is 0.410 e. The normalized spacial score (nSPS) is 20.3. The van der Waals surface area contributed by atoms with Crippen LogP contribution in [0.15, 0.2) is 24.5 Å². The van der Waals surface area contributed by atoms with E-state index in [9.17, 15) is 9.90 Å². The zero-order valence-electron chi connectivity index (χ0n) is 12.0. The van der Waals surface area contributed by atoms with E-state index in [2.05, 4.69) is 15.5 Å². The minimum absolute atomic E-state index is 0.274. The van der Waals surface area contributed by atoms with Crippen LogP contribution in [0.25, 0.3) is 5.69 Å². The summed E-state index contributed by atoms with van der Waals surface area (Å²) < 4.78 is 7.04. The Morgan fingerprint density at radius 3 is 2.91 bits per heavy atom. The first-order chi connectivity index (χ1) is 10.4. The van der Waals surface area contributed by atoms with Crippen LogP contribution >= 0.6 is 11.6 Å². The standard InChI is InChI=1S/C13H14ClN5O3/c1-13(2)19(12(20)21)11(6-22-13)8-3-4-9(14)10(5-8)18-7-15-16-17-18/h3-5,7,11H,6H2,1-2H3,(H,20,21). The molecule has 1 unspecified atom stereocenters. The molecule has 2 heterocycles. The van der Waals surface area contributed by atoms with Gasteiger partial charge in [-0.3, -0.25) is 4.90 Å². The third-order valence-electron chi connectivity index (χ3n) is 3.64. The average molecular weight is 324 g/mol. The number of halogens is 1. The molecule has 1 aromatic carbocycles. The van der Waals surface area contributed by atoms with Crippen LogP contribution in [0.5, 0.6) is 0 Å². The van der Waals surface area contributed by atoms with Gasteiger partial charge in [0.25, 0.3) is 0 Å². The van der Waals surface area contributed by atoms with Gasteiger partial charge < -0.3 is 9.84 Å². The van der Waals surface area contributed by atoms with Gasteiger partial charge in [0.05, 0.1) is 23.4 Å². The van der Waals surface area contributed by atoms with Gasteiger partial charge >= 0.3 is 6.09 Å². The van der Waals surface area contributed by atoms with E-state index in [-0.39, 0.29) is 6.61 Å². The smallest absolute Gasteiger partial charge is 0.410 e. The van der Waals surface area contributed by atoms with E-state index in [0.717, 1.165) is 5.56 Å². The van der Waals surface area contributed by atoms with Crippen molar-refractivity contribution in [3.8, 4) is 5.69 Å². The quantitative estimate of drug-likeness (QED) is 0.909. The van der Waals surface area contributed by atoms with E-state index < -0.39 is 17.9 Å². The molecule has 0 radical (unpaired) electrons. The number of hydrogen-bond donors (Lipinski definition) is 1. The van der Waals surface area contributed by atoms with Crippen LogP contribution < -0.4 is 0 Å². The Kier molecular flexibility index (Phi) is 3.50. The monoisotopic (exact) mass is 323 g/mol. The number of tetrazole rings is 1. The van der Waals surface area contributed by atoms with Crippen molar-refractivity contribution in [3.63, 3.8) is 0 Å². The predicted molar refractivity (Wildman–Crippen MR) is 76.8 cm³/mol. The Morgan fingerprint density at radius 2 is 2.27 bits per heavy atom. The van der Waals surface area contributed by atoms with E-state index in [4.69, 9.17) is 16.3 Å². The maximum atomic E-state index is 11.6. The topological polar surface area (TPSA) is 93.4 Å². The number of nitrogens with zero attached hydrogens (tertiary/aromatic N) is 5. The third-order valence-corrected chi connectivity index (χ3v) is 3.96. The third kappa shape index (κ3) is 2.40. The summed E-state index contributed by atoms with van der Waals surface area (Å²) in [6.07, 6.45) is 0.390. The lowest BCUT2D eigenvalue weighted by Crippen LogP contribution is -2.44. The molecule has 0 spiro atoms. The number of benzene rings is 1. The highest BCUT2D eigenvalue weighted by molar-refractivity contribution is 6.32. The highest BCUT2D eigenvalue weighted by Gasteiger charge is 2.44. The molecule has 0 aliphatic carbocycles. The number of carboxylic acid groups (broad SMARTS) is 1. The molecule has 0 saturated carbocycles. The van der Waals surface area contributed by atoms with Crippen molar-refractivity contribution in [3.05, 3.63) is 35.1 Å². The van der Waals surface area contributed by atoms with Crippen LogP contribution in [-0.4, -0.2) is 48.6 Å². The van der Waals surface area contributed by atoms with Gasteiger partial charge in [-0.1, -0.05) is 17.7 Å². The second kappa shape index (κ2) is 5.22. The molecular weight excluding hydrogens is 310 g/mol. The van der Waals surface area contributed by atoms with Crippen molar-refractivity contribution >= 4 is 17.7 Å². The molecular formula is C13H14ClN5O3. The fourth-order valence-corrected chi connectivity index (χ4v) is 2.80. The number of aromatic nitrogens is 4. The summed E-state index contributed by atoms with van der Waals surface area (Å²) >= 11 is 6.17. The Morgan fingerprint density at radius 1 is 1.50 bits per heavy atom. The van der Waals surface area contributed by atoms with E-state index in [1.54, 1.807) is 32.0 Å². The molecule has 1 saturated heterocycles. The van der Waals surface area contributed by atoms with Gasteiger partial charge in [0, 0.05) is 0 Å². The molecule has 9 heteroatoms. The highest BCUT2D eigenvalue weighted by atomic mass is 35.5. The van der Waals surface area contributed by atoms with Gasteiger partial charge in [0.15, 0.2) is 0 Å². The van der Waals surface area contributed by atoms with Gasteiger partial charge in [-0.05, 0) is 42.0 Å². The zero-order valence-corrected chi connectivity index (χ0v) is 12.7. The van der Waals surface area contributed by atoms with Crippen molar-refractivity contribution in [1.29, 1.82) is 0 Å². The number of rotatable bonds is 2. The molecule has 1 aromatic heterocycles. The van der Waals surface area contributed by atoms with E-state index >= 15 is 0 Å². The molecule has 1 amide bonds. The second-order valence-corrected chi connectivity index (χ2v) is 5.80. The molecule has 2 aromatic rings. The molecule has 1 N–H and O–H groups in total. The molecule has 22 heavy (non-hydrogen) atoms. The fraction of sp³-hybridized carbons (Fsp3) is 0.385. The molecule has 0 bridgehead atoms. The summed E-state index contributed by atoms with van der Waals surface area (Å²) in [6.45, 7) is 3.72. The van der Waals surface area contributed by atoms with E-state index in [0.29, 0.717) is 10.7 Å². The van der Waals surface area contributed by atoms with Gasteiger partial charge in [0.1, 0.15) is 12.1 Å². The number of amides is 1. The summed E-state index contributed by atoms with van der Waals surface area (Å²) in [6, 6.07) is 4.82. The van der Waals surface area contributed by atoms with Crippen molar-refractivity contribution in [2.75, 3.05) is 6.61 Å². The van der Waals surface area contributed by atoms with Gasteiger partial charge in [-0.15, -0.1) is 5.10 Å². The van der Waals surface area contributed by atoms with Crippen LogP contribution in [0.4, 0.5) is 4.79 Å². The summed E-state index contributed by atoms with van der Waals surface area (Å²) in [4.78, 5) is 12.9. The van der Waals surface area contributed by atoms with Gasteiger partial charge in [0.2, 0.25) is 0 Å². The van der Waals surface area contributed by atoms with Gasteiger partial charge in [-0.2, -0.15) is 4.68 Å². The first-order valence-corrected chi connectivity index (χ1v) is 6.97. The summed E-state index contributed by atoms with van der Waals surface area (Å²) in [5.41, 5.74) is 0.465. The molecule has 1 atom stereocenters. The first kappa shape index (κ1) is 14.7. The van der Waals surface area contributed by atoms with E-state index in [1.807, 2.05) is 0 Å². The summed E-state index contributed by atoms with van der Waals surface area (Å²) in [7, 11) is 0. The first-order valence-electron chi connectivity index (χ1n) is 6.59. The fourth-order valence-electron chi connectivity index (χ4n) is 2.60. The molecule has 1 aliphatic heterocycles. The van der Waals surface area contributed by atoms with Crippen LogP contribution in [0.3, 0.4) is 0 Å². The summed E-state index contributed by atoms with van der Waals surface area (Å²) in [5.74, 6) is 0. The average Bonchev–Trinajstić information content (AvgIpc) is 3.06. The Balaban J connectivity index is 2.02. The molecule has 8 nitrogen and oxygen atoms in total. The molecule has 1 aliphatic rings. The van der Waals surface area contributed by atoms with Crippen molar-refractivity contribution < 1.29 is 14.6 Å². The second-order valence-electron chi connectivity index (χ2n) is 5.39. The lowest BCUT2D eigenvalue weighted by Gasteiger charge is -2.31. The Labute approximate surface area is 131 Å². The minimum Gasteiger partial charge on any atom is -0.465 e. The zero-order chi connectivity index (χ0) is 15.9. The highest BCUT2D eigenvalue weighted by Crippen LogP contribution is 2.38. The number of ether oxygens (including phenoxy) is 1. The lowest BCUT2D eigenvalue weighted by molar-refractivity contribution is -0.0420. The Bertz CT molecular complexity index is 704. The van der Waals surface area contributed by atoms with Crippen LogP contribution in [-0.2, 0) is 4.74 Å². The van der Waals surface area contributed by atoms with Crippen LogP contribution in [0.1, 0.15) is 25.5 Å².